The highest BCUT2D eigenvalue weighted by atomic mass is 16.5. The summed E-state index contributed by atoms with van der Waals surface area (Å²) in [5, 5.41) is 8.47. The molecule has 0 amide bonds. The summed E-state index contributed by atoms with van der Waals surface area (Å²) in [5.41, 5.74) is 2.66. The highest BCUT2D eigenvalue weighted by Crippen LogP contribution is 2.30. The van der Waals surface area contributed by atoms with Crippen molar-refractivity contribution in [2.45, 2.75) is 64.6 Å². The first-order valence-electron chi connectivity index (χ1n) is 8.56. The van der Waals surface area contributed by atoms with Crippen LogP contribution in [0.4, 0.5) is 0 Å². The average Bonchev–Trinajstić information content (AvgIpc) is 2.58. The second-order valence-corrected chi connectivity index (χ2v) is 6.23. The SMILES string of the molecule is CCc1ccc(CO[C@H]2CC[C@H](CCC=CC#N)CC2)cc1. The maximum absolute atomic E-state index is 8.47. The Labute approximate surface area is 134 Å². The van der Waals surface area contributed by atoms with Gasteiger partial charge in [0, 0.05) is 6.08 Å². The highest BCUT2D eigenvalue weighted by Gasteiger charge is 2.21. The lowest BCUT2D eigenvalue weighted by Gasteiger charge is -2.28. The molecular formula is C20H27NO. The predicted molar refractivity (Wildman–Crippen MR) is 90.3 cm³/mol. The summed E-state index contributed by atoms with van der Waals surface area (Å²) >= 11 is 0. The third-order valence-corrected chi connectivity index (χ3v) is 4.64. The number of nitriles is 1. The molecule has 0 saturated heterocycles. The van der Waals surface area contributed by atoms with Crippen LogP contribution in [0.15, 0.2) is 36.4 Å². The van der Waals surface area contributed by atoms with E-state index >= 15 is 0 Å². The molecule has 22 heavy (non-hydrogen) atoms. The largest absolute Gasteiger partial charge is 0.374 e. The number of allylic oxidation sites excluding steroid dienone is 2. The fourth-order valence-corrected chi connectivity index (χ4v) is 3.14. The molecule has 2 rings (SSSR count). The normalized spacial score (nSPS) is 21.8. The van der Waals surface area contributed by atoms with E-state index in [4.69, 9.17) is 10.00 Å². The third-order valence-electron chi connectivity index (χ3n) is 4.64. The minimum Gasteiger partial charge on any atom is -0.374 e. The third kappa shape index (κ3) is 5.66. The zero-order valence-electron chi connectivity index (χ0n) is 13.6. The highest BCUT2D eigenvalue weighted by molar-refractivity contribution is 5.21. The zero-order chi connectivity index (χ0) is 15.6. The van der Waals surface area contributed by atoms with Crippen LogP contribution in [0.25, 0.3) is 0 Å². The summed E-state index contributed by atoms with van der Waals surface area (Å²) in [4.78, 5) is 0. The van der Waals surface area contributed by atoms with Gasteiger partial charge in [-0.25, -0.2) is 0 Å². The number of aryl methyl sites for hydroxylation is 1. The van der Waals surface area contributed by atoms with Gasteiger partial charge in [0.25, 0.3) is 0 Å². The molecule has 1 aliphatic rings. The molecule has 0 radical (unpaired) electrons. The Morgan fingerprint density at radius 1 is 1.14 bits per heavy atom. The summed E-state index contributed by atoms with van der Waals surface area (Å²) in [6.45, 7) is 2.92. The maximum Gasteiger partial charge on any atom is 0.0908 e. The molecular weight excluding hydrogens is 270 g/mol. The Balaban J connectivity index is 1.64. The minimum absolute atomic E-state index is 0.428. The van der Waals surface area contributed by atoms with Gasteiger partial charge in [0.15, 0.2) is 0 Å². The van der Waals surface area contributed by atoms with E-state index in [1.165, 1.54) is 43.2 Å². The molecule has 0 N–H and O–H groups in total. The van der Waals surface area contributed by atoms with Crippen LogP contribution < -0.4 is 0 Å². The monoisotopic (exact) mass is 297 g/mol. The van der Waals surface area contributed by atoms with E-state index in [1.54, 1.807) is 6.08 Å². The summed E-state index contributed by atoms with van der Waals surface area (Å²) in [5.74, 6) is 0.812. The molecule has 1 aliphatic carbocycles. The molecule has 1 aromatic rings. The van der Waals surface area contributed by atoms with E-state index in [1.807, 2.05) is 6.08 Å². The molecule has 2 nitrogen and oxygen atoms in total. The van der Waals surface area contributed by atoms with E-state index in [0.717, 1.165) is 25.4 Å². The molecule has 0 spiro atoms. The lowest BCUT2D eigenvalue weighted by molar-refractivity contribution is 0.00646. The van der Waals surface area contributed by atoms with Crippen LogP contribution in [0.1, 0.15) is 56.6 Å². The van der Waals surface area contributed by atoms with Crippen molar-refractivity contribution >= 4 is 0 Å². The standard InChI is InChI=1S/C20H27NO/c1-2-17-7-9-19(10-8-17)16-22-20-13-11-18(12-14-20)6-4-3-5-15-21/h3,5,7-10,18,20H,2,4,6,11-14,16H2,1H3/t18-,20-. The number of hydrogen-bond acceptors (Lipinski definition) is 2. The first kappa shape index (κ1) is 16.8. The van der Waals surface area contributed by atoms with Crippen molar-refractivity contribution in [1.29, 1.82) is 5.26 Å². The van der Waals surface area contributed by atoms with Gasteiger partial charge in [0.2, 0.25) is 0 Å². The van der Waals surface area contributed by atoms with Crippen molar-refractivity contribution in [2.75, 3.05) is 0 Å². The van der Waals surface area contributed by atoms with Crippen molar-refractivity contribution < 1.29 is 4.74 Å². The molecule has 2 heteroatoms. The van der Waals surface area contributed by atoms with E-state index in [9.17, 15) is 0 Å². The van der Waals surface area contributed by atoms with Gasteiger partial charge in [-0.2, -0.15) is 5.26 Å². The number of hydrogen-bond donors (Lipinski definition) is 0. The second-order valence-electron chi connectivity index (χ2n) is 6.23. The summed E-state index contributed by atoms with van der Waals surface area (Å²) < 4.78 is 6.08. The van der Waals surface area contributed by atoms with Crippen LogP contribution in [0.2, 0.25) is 0 Å². The lowest BCUT2D eigenvalue weighted by atomic mass is 9.84. The maximum atomic E-state index is 8.47. The number of benzene rings is 1. The van der Waals surface area contributed by atoms with Gasteiger partial charge in [-0.3, -0.25) is 0 Å². The zero-order valence-corrected chi connectivity index (χ0v) is 13.6. The van der Waals surface area contributed by atoms with Gasteiger partial charge >= 0.3 is 0 Å². The number of nitrogens with zero attached hydrogens (tertiary/aromatic N) is 1. The molecule has 1 aromatic carbocycles. The smallest absolute Gasteiger partial charge is 0.0908 e. The van der Waals surface area contributed by atoms with Crippen LogP contribution in [0.3, 0.4) is 0 Å². The van der Waals surface area contributed by atoms with E-state index in [-0.39, 0.29) is 0 Å². The van der Waals surface area contributed by atoms with Crippen LogP contribution in [0, 0.1) is 17.2 Å². The average molecular weight is 297 g/mol. The summed E-state index contributed by atoms with van der Waals surface area (Å²) in [6, 6.07) is 10.8. The van der Waals surface area contributed by atoms with Crippen molar-refractivity contribution in [3.63, 3.8) is 0 Å². The molecule has 0 aliphatic heterocycles. The molecule has 118 valence electrons. The first-order chi connectivity index (χ1) is 10.8. The van der Waals surface area contributed by atoms with Crippen LogP contribution in [-0.2, 0) is 17.8 Å². The minimum atomic E-state index is 0.428. The Morgan fingerprint density at radius 2 is 1.82 bits per heavy atom. The van der Waals surface area contributed by atoms with Gasteiger partial charge in [0.1, 0.15) is 0 Å². The van der Waals surface area contributed by atoms with Gasteiger partial charge in [-0.1, -0.05) is 37.3 Å². The van der Waals surface area contributed by atoms with Crippen LogP contribution >= 0.6 is 0 Å². The van der Waals surface area contributed by atoms with Gasteiger partial charge in [-0.15, -0.1) is 0 Å². The van der Waals surface area contributed by atoms with Crippen molar-refractivity contribution in [1.82, 2.24) is 0 Å². The number of ether oxygens (including phenoxy) is 1. The van der Waals surface area contributed by atoms with Gasteiger partial charge in [-0.05, 0) is 62.0 Å². The molecule has 0 atom stereocenters. The Bertz CT molecular complexity index is 489. The van der Waals surface area contributed by atoms with Gasteiger partial charge < -0.3 is 4.74 Å². The molecule has 0 heterocycles. The van der Waals surface area contributed by atoms with Crippen LogP contribution in [0.5, 0.6) is 0 Å². The molecule has 0 bridgehead atoms. The van der Waals surface area contributed by atoms with Gasteiger partial charge in [0.05, 0.1) is 18.8 Å². The van der Waals surface area contributed by atoms with E-state index in [2.05, 4.69) is 37.3 Å². The van der Waals surface area contributed by atoms with Crippen molar-refractivity contribution in [2.24, 2.45) is 5.92 Å². The van der Waals surface area contributed by atoms with E-state index in [0.29, 0.717) is 6.10 Å². The quantitative estimate of drug-likeness (QED) is 0.649. The number of rotatable bonds is 7. The molecule has 1 fully saturated rings. The molecule has 0 unspecified atom stereocenters. The Hall–Kier alpha value is -1.59. The summed E-state index contributed by atoms with van der Waals surface area (Å²) in [7, 11) is 0. The second kappa shape index (κ2) is 9.43. The first-order valence-corrected chi connectivity index (χ1v) is 8.56. The lowest BCUT2D eigenvalue weighted by Crippen LogP contribution is -2.21. The van der Waals surface area contributed by atoms with Crippen molar-refractivity contribution in [3.8, 4) is 6.07 Å². The Kier molecular flexibility index (Phi) is 7.19. The van der Waals surface area contributed by atoms with Crippen LogP contribution in [-0.4, -0.2) is 6.10 Å². The Morgan fingerprint density at radius 3 is 2.45 bits per heavy atom. The fourth-order valence-electron chi connectivity index (χ4n) is 3.14. The van der Waals surface area contributed by atoms with E-state index < -0.39 is 0 Å². The molecule has 0 aromatic heterocycles. The summed E-state index contributed by atoms with van der Waals surface area (Å²) in [6.07, 6.45) is 12.2. The molecule has 1 saturated carbocycles. The van der Waals surface area contributed by atoms with Crippen molar-refractivity contribution in [3.05, 3.63) is 47.5 Å². The fraction of sp³-hybridized carbons (Fsp3) is 0.550. The predicted octanol–water partition coefficient (Wildman–Crippen LogP) is 5.18. The topological polar surface area (TPSA) is 33.0 Å².